The van der Waals surface area contributed by atoms with Crippen molar-refractivity contribution in [3.8, 4) is 22.1 Å². The smallest absolute Gasteiger partial charge is 0.171 e. The van der Waals surface area contributed by atoms with Crippen molar-refractivity contribution in [2.45, 2.75) is 26.4 Å². The van der Waals surface area contributed by atoms with E-state index in [9.17, 15) is 5.11 Å². The molecule has 4 nitrogen and oxygen atoms in total. The molecule has 0 amide bonds. The molecule has 0 bridgehead atoms. The van der Waals surface area contributed by atoms with E-state index in [0.29, 0.717) is 18.1 Å². The molecule has 0 atom stereocenters. The number of thiazole rings is 1. The highest BCUT2D eigenvalue weighted by Crippen LogP contribution is 2.41. The van der Waals surface area contributed by atoms with Crippen LogP contribution in [0.15, 0.2) is 24.4 Å². The third-order valence-corrected chi connectivity index (χ3v) is 4.17. The molecule has 0 aliphatic carbocycles. The molecular weight excluding hydrogens is 274 g/mol. The van der Waals surface area contributed by atoms with Gasteiger partial charge in [0.2, 0.25) is 0 Å². The fourth-order valence-corrected chi connectivity index (χ4v) is 2.76. The first-order valence-electron chi connectivity index (χ1n) is 6.46. The largest absolute Gasteiger partial charge is 0.493 e. The highest BCUT2D eigenvalue weighted by Gasteiger charge is 2.21. The number of methoxy groups -OCH3 is 1. The number of aromatic nitrogens is 1. The lowest BCUT2D eigenvalue weighted by Crippen LogP contribution is -2.12. The van der Waals surface area contributed by atoms with Crippen LogP contribution in [-0.2, 0) is 5.60 Å². The van der Waals surface area contributed by atoms with Gasteiger partial charge in [-0.25, -0.2) is 4.98 Å². The highest BCUT2D eigenvalue weighted by molar-refractivity contribution is 7.15. The van der Waals surface area contributed by atoms with Gasteiger partial charge in [0.1, 0.15) is 5.01 Å². The van der Waals surface area contributed by atoms with Crippen LogP contribution in [0.5, 0.6) is 11.5 Å². The quantitative estimate of drug-likeness (QED) is 0.917. The minimum Gasteiger partial charge on any atom is -0.493 e. The number of nitrogens with zero attached hydrogens (tertiary/aromatic N) is 1. The predicted octanol–water partition coefficient (Wildman–Crippen LogP) is 3.44. The lowest BCUT2D eigenvalue weighted by molar-refractivity contribution is 0.0823. The molecule has 0 fully saturated rings. The monoisotopic (exact) mass is 293 g/mol. The summed E-state index contributed by atoms with van der Waals surface area (Å²) in [4.78, 5) is 5.21. The van der Waals surface area contributed by atoms with Crippen molar-refractivity contribution in [2.24, 2.45) is 0 Å². The number of rotatable bonds is 5. The van der Waals surface area contributed by atoms with E-state index in [1.54, 1.807) is 27.2 Å². The SMILES string of the molecule is CCOc1c(OC)cccc1-c1ncc(C(C)(C)O)s1. The van der Waals surface area contributed by atoms with Crippen molar-refractivity contribution in [3.63, 3.8) is 0 Å². The van der Waals surface area contributed by atoms with E-state index in [2.05, 4.69) is 4.98 Å². The van der Waals surface area contributed by atoms with Crippen molar-refractivity contribution in [2.75, 3.05) is 13.7 Å². The van der Waals surface area contributed by atoms with Gasteiger partial charge in [-0.3, -0.25) is 0 Å². The van der Waals surface area contributed by atoms with Crippen molar-refractivity contribution < 1.29 is 14.6 Å². The summed E-state index contributed by atoms with van der Waals surface area (Å²) in [6, 6.07) is 5.71. The minimum atomic E-state index is -0.888. The van der Waals surface area contributed by atoms with Crippen molar-refractivity contribution >= 4 is 11.3 Å². The summed E-state index contributed by atoms with van der Waals surface area (Å²) in [5.41, 5.74) is -0.00713. The van der Waals surface area contributed by atoms with E-state index >= 15 is 0 Å². The molecule has 2 rings (SSSR count). The molecule has 5 heteroatoms. The van der Waals surface area contributed by atoms with Crippen LogP contribution in [0.25, 0.3) is 10.6 Å². The van der Waals surface area contributed by atoms with Crippen LogP contribution in [0.4, 0.5) is 0 Å². The molecule has 2 aromatic rings. The second-order valence-electron chi connectivity index (χ2n) is 4.86. The topological polar surface area (TPSA) is 51.6 Å². The molecule has 1 N–H and O–H groups in total. The molecule has 108 valence electrons. The molecular formula is C15H19NO3S. The van der Waals surface area contributed by atoms with Crippen LogP contribution in [-0.4, -0.2) is 23.8 Å². The molecule has 0 spiro atoms. The molecule has 20 heavy (non-hydrogen) atoms. The second-order valence-corrected chi connectivity index (χ2v) is 5.89. The van der Waals surface area contributed by atoms with Gasteiger partial charge in [-0.05, 0) is 32.9 Å². The zero-order chi connectivity index (χ0) is 14.8. The number of benzene rings is 1. The zero-order valence-electron chi connectivity index (χ0n) is 12.1. The van der Waals surface area contributed by atoms with Crippen LogP contribution in [0.3, 0.4) is 0 Å². The van der Waals surface area contributed by atoms with Gasteiger partial charge in [-0.1, -0.05) is 6.07 Å². The number of aliphatic hydroxyl groups is 1. The normalized spacial score (nSPS) is 11.4. The fourth-order valence-electron chi connectivity index (χ4n) is 1.82. The average Bonchev–Trinajstić information content (AvgIpc) is 2.88. The number of hydrogen-bond acceptors (Lipinski definition) is 5. The Kier molecular flexibility index (Phi) is 4.30. The van der Waals surface area contributed by atoms with Gasteiger partial charge in [0, 0.05) is 6.20 Å². The van der Waals surface area contributed by atoms with Gasteiger partial charge in [-0.2, -0.15) is 0 Å². The average molecular weight is 293 g/mol. The summed E-state index contributed by atoms with van der Waals surface area (Å²) in [7, 11) is 1.62. The third kappa shape index (κ3) is 2.94. The van der Waals surface area contributed by atoms with Crippen LogP contribution in [0.2, 0.25) is 0 Å². The van der Waals surface area contributed by atoms with Crippen molar-refractivity contribution in [1.82, 2.24) is 4.98 Å². The zero-order valence-corrected chi connectivity index (χ0v) is 13.0. The van der Waals surface area contributed by atoms with E-state index in [1.165, 1.54) is 11.3 Å². The Labute approximate surface area is 123 Å². The van der Waals surface area contributed by atoms with Gasteiger partial charge >= 0.3 is 0 Å². The Morgan fingerprint density at radius 1 is 1.35 bits per heavy atom. The van der Waals surface area contributed by atoms with Gasteiger partial charge in [0.05, 0.1) is 29.8 Å². The Bertz CT molecular complexity index is 587. The molecule has 1 aromatic heterocycles. The predicted molar refractivity (Wildman–Crippen MR) is 80.5 cm³/mol. The van der Waals surface area contributed by atoms with Gasteiger partial charge in [0.25, 0.3) is 0 Å². The van der Waals surface area contributed by atoms with E-state index in [-0.39, 0.29) is 0 Å². The molecule has 0 aliphatic rings. The first-order valence-corrected chi connectivity index (χ1v) is 7.28. The first-order chi connectivity index (χ1) is 9.47. The van der Waals surface area contributed by atoms with E-state index in [4.69, 9.17) is 9.47 Å². The molecule has 1 heterocycles. The molecule has 0 saturated carbocycles. The Morgan fingerprint density at radius 3 is 2.65 bits per heavy atom. The summed E-state index contributed by atoms with van der Waals surface area (Å²) in [5.74, 6) is 1.37. The molecule has 0 saturated heterocycles. The summed E-state index contributed by atoms with van der Waals surface area (Å²) in [5, 5.41) is 10.8. The second kappa shape index (κ2) is 5.81. The fraction of sp³-hybridized carbons (Fsp3) is 0.400. The van der Waals surface area contributed by atoms with E-state index in [1.807, 2.05) is 25.1 Å². The van der Waals surface area contributed by atoms with Crippen LogP contribution >= 0.6 is 11.3 Å². The van der Waals surface area contributed by atoms with Crippen molar-refractivity contribution in [1.29, 1.82) is 0 Å². The van der Waals surface area contributed by atoms with E-state index < -0.39 is 5.60 Å². The van der Waals surface area contributed by atoms with Gasteiger partial charge < -0.3 is 14.6 Å². The lowest BCUT2D eigenvalue weighted by Gasteiger charge is -2.14. The summed E-state index contributed by atoms with van der Waals surface area (Å²) in [6.45, 7) is 5.98. The minimum absolute atomic E-state index is 0.553. The molecule has 0 aliphatic heterocycles. The molecule has 0 unspecified atom stereocenters. The third-order valence-electron chi connectivity index (χ3n) is 2.83. The van der Waals surface area contributed by atoms with Crippen LogP contribution in [0.1, 0.15) is 25.6 Å². The number of ether oxygens (including phenoxy) is 2. The number of para-hydroxylation sites is 1. The van der Waals surface area contributed by atoms with E-state index in [0.717, 1.165) is 15.4 Å². The Balaban J connectivity index is 2.49. The van der Waals surface area contributed by atoms with Gasteiger partial charge in [-0.15, -0.1) is 11.3 Å². The molecule has 0 radical (unpaired) electrons. The summed E-state index contributed by atoms with van der Waals surface area (Å²) in [6.07, 6.45) is 1.70. The van der Waals surface area contributed by atoms with Crippen molar-refractivity contribution in [3.05, 3.63) is 29.3 Å². The molecule has 1 aromatic carbocycles. The van der Waals surface area contributed by atoms with Crippen LogP contribution < -0.4 is 9.47 Å². The maximum absolute atomic E-state index is 10.0. The standard InChI is InChI=1S/C15H19NO3S/c1-5-19-13-10(7-6-8-11(13)18-4)14-16-9-12(20-14)15(2,3)17/h6-9,17H,5H2,1-4H3. The number of hydrogen-bond donors (Lipinski definition) is 1. The maximum atomic E-state index is 10.0. The Morgan fingerprint density at radius 2 is 2.10 bits per heavy atom. The summed E-state index contributed by atoms with van der Waals surface area (Å²) < 4.78 is 11.0. The van der Waals surface area contributed by atoms with Gasteiger partial charge in [0.15, 0.2) is 11.5 Å². The summed E-state index contributed by atoms with van der Waals surface area (Å²) >= 11 is 1.46. The first kappa shape index (κ1) is 14.8. The lowest BCUT2D eigenvalue weighted by atomic mass is 10.1. The highest BCUT2D eigenvalue weighted by atomic mass is 32.1. The Hall–Kier alpha value is -1.59. The van der Waals surface area contributed by atoms with Crippen LogP contribution in [0, 0.1) is 0 Å². The maximum Gasteiger partial charge on any atom is 0.171 e.